The van der Waals surface area contributed by atoms with Crippen molar-refractivity contribution in [3.63, 3.8) is 0 Å². The third kappa shape index (κ3) is 5.64. The molecule has 1 aromatic heterocycles. The highest BCUT2D eigenvalue weighted by atomic mass is 19.3. The van der Waals surface area contributed by atoms with Gasteiger partial charge in [0.15, 0.2) is 0 Å². The van der Waals surface area contributed by atoms with Crippen molar-refractivity contribution in [1.82, 2.24) is 14.8 Å². The number of benzene rings is 2. The monoisotopic (exact) mass is 550 g/mol. The van der Waals surface area contributed by atoms with Crippen LogP contribution in [0.4, 0.5) is 27.6 Å². The lowest BCUT2D eigenvalue weighted by atomic mass is 9.87. The molecule has 2 aliphatic rings. The van der Waals surface area contributed by atoms with Crippen molar-refractivity contribution in [2.75, 3.05) is 44.8 Å². The quantitative estimate of drug-likeness (QED) is 0.305. The van der Waals surface area contributed by atoms with Gasteiger partial charge in [-0.3, -0.25) is 9.29 Å². The van der Waals surface area contributed by atoms with Gasteiger partial charge in [-0.2, -0.15) is 0 Å². The van der Waals surface area contributed by atoms with E-state index in [2.05, 4.69) is 15.2 Å². The van der Waals surface area contributed by atoms with Gasteiger partial charge in [-0.05, 0) is 62.4 Å². The fourth-order valence-electron chi connectivity index (χ4n) is 6.15. The van der Waals surface area contributed by atoms with Gasteiger partial charge in [0.2, 0.25) is 0 Å². The highest BCUT2D eigenvalue weighted by Gasteiger charge is 2.43. The average Bonchev–Trinajstić information content (AvgIpc) is 3.47. The Balaban J connectivity index is 1.52. The van der Waals surface area contributed by atoms with Crippen LogP contribution >= 0.6 is 0 Å². The van der Waals surface area contributed by atoms with Gasteiger partial charge in [-0.1, -0.05) is 12.1 Å². The predicted molar refractivity (Wildman–Crippen MR) is 142 cm³/mol. The van der Waals surface area contributed by atoms with E-state index in [0.717, 1.165) is 35.0 Å². The summed E-state index contributed by atoms with van der Waals surface area (Å²) in [7, 11) is 0. The fourth-order valence-corrected chi connectivity index (χ4v) is 6.15. The van der Waals surface area contributed by atoms with Crippen LogP contribution in [0.1, 0.15) is 48.2 Å². The van der Waals surface area contributed by atoms with Crippen LogP contribution < -0.4 is 5.32 Å². The summed E-state index contributed by atoms with van der Waals surface area (Å²) in [5.41, 5.74) is 3.09. The largest absolute Gasteiger partial charge is 0.390 e. The number of likely N-dealkylation sites (tertiary alicyclic amines) is 1. The number of nitrogens with zero attached hydrogens (tertiary/aromatic N) is 2. The van der Waals surface area contributed by atoms with E-state index in [1.807, 2.05) is 25.1 Å². The van der Waals surface area contributed by atoms with E-state index in [0.29, 0.717) is 31.6 Å². The Labute approximate surface area is 225 Å². The van der Waals surface area contributed by atoms with E-state index in [9.17, 15) is 18.3 Å². The van der Waals surface area contributed by atoms with Crippen LogP contribution in [0.25, 0.3) is 10.9 Å². The number of nitrogens with one attached hydrogen (secondary N) is 2. The molecule has 3 heterocycles. The van der Waals surface area contributed by atoms with Crippen molar-refractivity contribution >= 4 is 16.6 Å². The lowest BCUT2D eigenvalue weighted by Crippen LogP contribution is -2.49. The van der Waals surface area contributed by atoms with Crippen molar-refractivity contribution in [1.29, 1.82) is 0 Å². The van der Waals surface area contributed by atoms with E-state index < -0.39 is 42.8 Å². The average molecular weight is 551 g/mol. The maximum Gasteiger partial charge on any atom is 0.283 e. The zero-order chi connectivity index (χ0) is 27.9. The Morgan fingerprint density at radius 3 is 2.59 bits per heavy atom. The van der Waals surface area contributed by atoms with E-state index >= 15 is 8.78 Å². The number of aliphatic hydroxyl groups is 1. The van der Waals surface area contributed by atoms with Gasteiger partial charge < -0.3 is 20.3 Å². The molecule has 0 bridgehead atoms. The Bertz CT molecular complexity index is 1310. The predicted octanol–water partition coefficient (Wildman–Crippen LogP) is 5.56. The van der Waals surface area contributed by atoms with Crippen molar-refractivity contribution in [3.05, 3.63) is 64.4 Å². The molecule has 10 heteroatoms. The first-order valence-electron chi connectivity index (χ1n) is 13.5. The molecule has 0 aliphatic carbocycles. The molecule has 1 saturated heterocycles. The summed E-state index contributed by atoms with van der Waals surface area (Å²) in [5, 5.41) is 13.4. The second kappa shape index (κ2) is 11.1. The van der Waals surface area contributed by atoms with Crippen molar-refractivity contribution < 1.29 is 27.1 Å². The van der Waals surface area contributed by atoms with Gasteiger partial charge in [-0.15, -0.1) is 0 Å². The molecular weight excluding hydrogens is 515 g/mol. The molecule has 5 rings (SSSR count). The van der Waals surface area contributed by atoms with Crippen LogP contribution in [-0.4, -0.2) is 77.4 Å². The van der Waals surface area contributed by atoms with Crippen LogP contribution in [0.15, 0.2) is 30.3 Å². The lowest BCUT2D eigenvalue weighted by Gasteiger charge is -2.42. The first kappa shape index (κ1) is 27.9. The van der Waals surface area contributed by atoms with E-state index in [1.165, 1.54) is 17.0 Å². The zero-order valence-corrected chi connectivity index (χ0v) is 22.2. The third-order valence-corrected chi connectivity index (χ3v) is 8.01. The minimum Gasteiger partial charge on any atom is -0.390 e. The summed E-state index contributed by atoms with van der Waals surface area (Å²) in [4.78, 5) is 6.77. The first-order valence-corrected chi connectivity index (χ1v) is 13.5. The molecule has 39 heavy (non-hydrogen) atoms. The molecule has 2 aliphatic heterocycles. The number of hydrogen-bond donors (Lipinski definition) is 3. The molecule has 2 aromatic carbocycles. The lowest BCUT2D eigenvalue weighted by molar-refractivity contribution is -0.0869. The molecule has 0 radical (unpaired) electrons. The Kier molecular flexibility index (Phi) is 7.90. The number of halogens is 5. The molecule has 0 unspecified atom stereocenters. The van der Waals surface area contributed by atoms with E-state index in [1.54, 1.807) is 6.92 Å². The molecule has 0 saturated carbocycles. The normalized spacial score (nSPS) is 22.5. The van der Waals surface area contributed by atoms with Crippen molar-refractivity contribution in [3.8, 4) is 0 Å². The smallest absolute Gasteiger partial charge is 0.283 e. The highest BCUT2D eigenvalue weighted by molar-refractivity contribution is 5.86. The number of aromatic amines is 1. The molecule has 0 amide bonds. The highest BCUT2D eigenvalue weighted by Crippen LogP contribution is 2.44. The number of hydrogen-bond acceptors (Lipinski definition) is 4. The van der Waals surface area contributed by atoms with Gasteiger partial charge in [0, 0.05) is 59.6 Å². The van der Waals surface area contributed by atoms with Crippen LogP contribution in [-0.2, 0) is 6.42 Å². The van der Waals surface area contributed by atoms with Crippen LogP contribution in [0, 0.1) is 18.6 Å². The molecule has 5 nitrogen and oxygen atoms in total. The zero-order valence-electron chi connectivity index (χ0n) is 22.2. The number of H-pyrrole nitrogens is 1. The second-order valence-electron chi connectivity index (χ2n) is 11.0. The molecule has 3 aromatic rings. The molecule has 0 spiro atoms. The Morgan fingerprint density at radius 1 is 1.15 bits per heavy atom. The second-order valence-corrected chi connectivity index (χ2v) is 11.0. The van der Waals surface area contributed by atoms with Gasteiger partial charge in [-0.25, -0.2) is 17.6 Å². The summed E-state index contributed by atoms with van der Waals surface area (Å²) in [6, 6.07) is 6.63. The summed E-state index contributed by atoms with van der Waals surface area (Å²) >= 11 is 0. The fraction of sp³-hybridized carbons (Fsp3) is 0.517. The molecule has 3 atom stereocenters. The van der Waals surface area contributed by atoms with E-state index in [-0.39, 0.29) is 24.0 Å². The SMILES string of the molecule is Cc1ccc2c3c([nH]c2c1)[C@@H](c1c(F)cc(N[C@H]2CCN(CCCF)C2)cc1F)N(CC(F)(F)CO)[C@H](C)C3. The van der Waals surface area contributed by atoms with Crippen LogP contribution in [0.2, 0.25) is 0 Å². The third-order valence-electron chi connectivity index (χ3n) is 8.01. The number of alkyl halides is 3. The molecule has 212 valence electrons. The maximum atomic E-state index is 15.8. The maximum absolute atomic E-state index is 15.8. The molecular formula is C29H35F5N4O. The summed E-state index contributed by atoms with van der Waals surface area (Å²) in [6.07, 6.45) is 1.63. The minimum atomic E-state index is -3.45. The van der Waals surface area contributed by atoms with Gasteiger partial charge >= 0.3 is 0 Å². The number of aromatic nitrogens is 1. The van der Waals surface area contributed by atoms with Crippen LogP contribution in [0.5, 0.6) is 0 Å². The first-order chi connectivity index (χ1) is 18.6. The van der Waals surface area contributed by atoms with Crippen molar-refractivity contribution in [2.45, 2.75) is 57.2 Å². The van der Waals surface area contributed by atoms with E-state index in [4.69, 9.17) is 0 Å². The topological polar surface area (TPSA) is 54.5 Å². The molecule has 3 N–H and O–H groups in total. The van der Waals surface area contributed by atoms with Gasteiger partial charge in [0.25, 0.3) is 5.92 Å². The Morgan fingerprint density at radius 2 is 1.90 bits per heavy atom. The number of anilines is 1. The van der Waals surface area contributed by atoms with Gasteiger partial charge in [0.05, 0.1) is 19.3 Å². The number of rotatable bonds is 9. The number of aliphatic hydroxyl groups excluding tert-OH is 1. The number of aryl methyl sites for hydroxylation is 1. The van der Waals surface area contributed by atoms with Crippen LogP contribution in [0.3, 0.4) is 0 Å². The summed E-state index contributed by atoms with van der Waals surface area (Å²) < 4.78 is 73.2. The Hall–Kier alpha value is -2.69. The summed E-state index contributed by atoms with van der Waals surface area (Å²) in [6.45, 7) is 3.16. The van der Waals surface area contributed by atoms with Gasteiger partial charge in [0.1, 0.15) is 18.2 Å². The molecule has 1 fully saturated rings. The number of fused-ring (bicyclic) bond motifs is 3. The minimum absolute atomic E-state index is 0.0349. The van der Waals surface area contributed by atoms with Crippen molar-refractivity contribution in [2.24, 2.45) is 0 Å². The standard InChI is InChI=1S/C29H35F5N4O/c1-17-4-5-21-22-11-18(2)38(15-29(33,34)16-39)28(27(22)36-25(21)10-17)26-23(31)12-20(13-24(26)32)35-19-6-9-37(14-19)8-3-7-30/h4-5,10,12-13,18-19,28,35-36,39H,3,6-9,11,14-16H2,1-2H3/t18-,19+,28-/m1/s1. The summed E-state index contributed by atoms with van der Waals surface area (Å²) in [5.74, 6) is -5.11.